The summed E-state index contributed by atoms with van der Waals surface area (Å²) >= 11 is 0. The third-order valence-corrected chi connectivity index (χ3v) is 11.0. The smallest absolute Gasteiger partial charge is 0.183 e. The molecule has 0 bridgehead atoms. The van der Waals surface area contributed by atoms with Gasteiger partial charge in [-0.25, -0.2) is 0 Å². The molecule has 0 unspecified atom stereocenters. The highest BCUT2D eigenvalue weighted by Gasteiger charge is 2.41. The Labute approximate surface area is 270 Å². The molecule has 2 N–H and O–H groups in total. The van der Waals surface area contributed by atoms with E-state index in [4.69, 9.17) is 0 Å². The number of benzene rings is 2. The highest BCUT2D eigenvalue weighted by atomic mass is 16.1. The molecule has 8 rings (SSSR count). The van der Waals surface area contributed by atoms with Gasteiger partial charge in [0.05, 0.1) is 11.4 Å². The van der Waals surface area contributed by atoms with E-state index in [1.54, 1.807) is 13.8 Å². The lowest BCUT2D eigenvalue weighted by Crippen LogP contribution is -2.25. The summed E-state index contributed by atoms with van der Waals surface area (Å²) in [5, 5.41) is 0. The van der Waals surface area contributed by atoms with Crippen molar-refractivity contribution in [3.63, 3.8) is 0 Å². The summed E-state index contributed by atoms with van der Waals surface area (Å²) in [6, 6.07) is 16.5. The van der Waals surface area contributed by atoms with E-state index in [0.717, 1.165) is 72.2 Å². The van der Waals surface area contributed by atoms with Crippen LogP contribution in [0.3, 0.4) is 0 Å². The number of aromatic nitrogens is 2. The number of carbonyl (C=O) groups excluding carboxylic acids is 4. The molecule has 2 aromatic heterocycles. The van der Waals surface area contributed by atoms with Gasteiger partial charge in [0.1, 0.15) is 0 Å². The summed E-state index contributed by atoms with van der Waals surface area (Å²) in [6.45, 7) is 6.95. The fourth-order valence-corrected chi connectivity index (χ4v) is 9.14. The van der Waals surface area contributed by atoms with Crippen molar-refractivity contribution in [2.75, 3.05) is 0 Å². The molecular formula is C40H42N2O4. The van der Waals surface area contributed by atoms with Gasteiger partial charge in [-0.1, -0.05) is 74.2 Å². The molecule has 236 valence electrons. The minimum absolute atomic E-state index is 0.0208. The lowest BCUT2D eigenvalue weighted by atomic mass is 9.73. The fourth-order valence-electron chi connectivity index (χ4n) is 9.14. The number of ketones is 4. The fraction of sp³-hybridized carbons (Fsp3) is 0.400. The molecule has 4 atom stereocenters. The van der Waals surface area contributed by atoms with Gasteiger partial charge in [0.25, 0.3) is 0 Å². The first kappa shape index (κ1) is 30.3. The number of aromatic amines is 2. The van der Waals surface area contributed by atoms with E-state index in [2.05, 4.69) is 34.2 Å². The number of H-pyrrole nitrogens is 2. The van der Waals surface area contributed by atoms with E-state index in [1.807, 2.05) is 38.1 Å². The van der Waals surface area contributed by atoms with Crippen LogP contribution in [0.1, 0.15) is 141 Å². The number of fused-ring (bicyclic) bond motifs is 10. The third kappa shape index (κ3) is 4.76. The molecule has 0 aliphatic heterocycles. The summed E-state index contributed by atoms with van der Waals surface area (Å²) < 4.78 is 0. The largest absolute Gasteiger partial charge is 0.355 e. The molecular weight excluding hydrogens is 572 g/mol. The van der Waals surface area contributed by atoms with E-state index >= 15 is 0 Å². The third-order valence-electron chi connectivity index (χ3n) is 11.0. The molecule has 0 amide bonds. The van der Waals surface area contributed by atoms with Crippen molar-refractivity contribution < 1.29 is 19.2 Å². The van der Waals surface area contributed by atoms with Gasteiger partial charge in [0, 0.05) is 45.5 Å². The summed E-state index contributed by atoms with van der Waals surface area (Å²) in [5.41, 5.74) is 10.6. The van der Waals surface area contributed by atoms with Crippen molar-refractivity contribution >= 4 is 23.1 Å². The Kier molecular flexibility index (Phi) is 7.78. The van der Waals surface area contributed by atoms with Crippen LogP contribution in [0, 0.1) is 25.7 Å². The Morgan fingerprint density at radius 3 is 1.28 bits per heavy atom. The van der Waals surface area contributed by atoms with Crippen molar-refractivity contribution in [2.45, 2.75) is 90.9 Å². The molecule has 0 spiro atoms. The van der Waals surface area contributed by atoms with Crippen LogP contribution >= 0.6 is 0 Å². The van der Waals surface area contributed by atoms with E-state index in [-0.39, 0.29) is 46.8 Å². The Morgan fingerprint density at radius 2 is 0.913 bits per heavy atom. The first-order valence-electron chi connectivity index (χ1n) is 16.9. The number of hydrogen-bond donors (Lipinski definition) is 2. The van der Waals surface area contributed by atoms with Gasteiger partial charge in [0.2, 0.25) is 0 Å². The van der Waals surface area contributed by atoms with Crippen molar-refractivity contribution in [3.05, 3.63) is 93.6 Å². The van der Waals surface area contributed by atoms with Crippen LogP contribution < -0.4 is 0 Å². The Bertz CT molecular complexity index is 1770. The van der Waals surface area contributed by atoms with Gasteiger partial charge in [-0.05, 0) is 87.5 Å². The number of aryl methyl sites for hydroxylation is 2. The SMILES string of the molecule is CC(=O)c1c(C)[nH]c2c1-c1ccccc1[C@@H]1CCCC[C@H]1C2=O.CC(=O)c1c(C)[nH]c2c1-c1ccccc1[C@H]1CCCC[C@@H]1C2=O. The molecule has 46 heavy (non-hydrogen) atoms. The first-order chi connectivity index (χ1) is 22.2. The minimum atomic E-state index is 0.0208. The zero-order valence-corrected chi connectivity index (χ0v) is 27.2. The number of Topliss-reactive ketones (excluding diaryl/α,β-unsaturated/α-hetero) is 4. The first-order valence-corrected chi connectivity index (χ1v) is 16.9. The normalized spacial score (nSPS) is 22.8. The molecule has 2 fully saturated rings. The summed E-state index contributed by atoms with van der Waals surface area (Å²) in [4.78, 5) is 57.3. The second-order valence-corrected chi connectivity index (χ2v) is 13.8. The van der Waals surface area contributed by atoms with Crippen molar-refractivity contribution in [1.82, 2.24) is 9.97 Å². The van der Waals surface area contributed by atoms with Crippen molar-refractivity contribution in [1.29, 1.82) is 0 Å². The Hall–Kier alpha value is -4.32. The average Bonchev–Trinajstić information content (AvgIpc) is 3.55. The molecule has 6 nitrogen and oxygen atoms in total. The van der Waals surface area contributed by atoms with Gasteiger partial charge in [-0.15, -0.1) is 0 Å². The predicted octanol–water partition coefficient (Wildman–Crippen LogP) is 9.33. The van der Waals surface area contributed by atoms with Crippen LogP contribution in [0.2, 0.25) is 0 Å². The second kappa shape index (κ2) is 11.8. The van der Waals surface area contributed by atoms with Crippen LogP contribution in [0.25, 0.3) is 22.3 Å². The van der Waals surface area contributed by atoms with Crippen molar-refractivity contribution in [3.8, 4) is 22.3 Å². The summed E-state index contributed by atoms with van der Waals surface area (Å²) in [7, 11) is 0. The van der Waals surface area contributed by atoms with Gasteiger partial charge >= 0.3 is 0 Å². The van der Waals surface area contributed by atoms with Gasteiger partial charge in [0.15, 0.2) is 23.1 Å². The van der Waals surface area contributed by atoms with E-state index in [1.165, 1.54) is 24.0 Å². The average molecular weight is 615 g/mol. The summed E-state index contributed by atoms with van der Waals surface area (Å²) in [6.07, 6.45) is 8.60. The topological polar surface area (TPSA) is 99.9 Å². The van der Waals surface area contributed by atoms with Crippen LogP contribution in [0.4, 0.5) is 0 Å². The second-order valence-electron chi connectivity index (χ2n) is 13.8. The maximum atomic E-state index is 13.2. The predicted molar refractivity (Wildman–Crippen MR) is 180 cm³/mol. The molecule has 2 saturated carbocycles. The molecule has 4 aliphatic carbocycles. The molecule has 2 heterocycles. The zero-order valence-electron chi connectivity index (χ0n) is 27.2. The lowest BCUT2D eigenvalue weighted by Gasteiger charge is -2.30. The summed E-state index contributed by atoms with van der Waals surface area (Å²) in [5.74, 6) is 1.09. The number of carbonyl (C=O) groups is 4. The Balaban J connectivity index is 0.000000147. The number of hydrogen-bond acceptors (Lipinski definition) is 4. The quantitative estimate of drug-likeness (QED) is 0.220. The van der Waals surface area contributed by atoms with Crippen LogP contribution in [-0.2, 0) is 0 Å². The van der Waals surface area contributed by atoms with Gasteiger partial charge in [-0.3, -0.25) is 19.2 Å². The van der Waals surface area contributed by atoms with Crippen LogP contribution in [0.15, 0.2) is 48.5 Å². The van der Waals surface area contributed by atoms with E-state index in [0.29, 0.717) is 22.5 Å². The van der Waals surface area contributed by atoms with Crippen LogP contribution in [0.5, 0.6) is 0 Å². The molecule has 6 heteroatoms. The molecule has 2 aromatic carbocycles. The van der Waals surface area contributed by atoms with Gasteiger partial charge in [-0.2, -0.15) is 0 Å². The standard InChI is InChI=1S/2C20H21NO2/c2*1-11-17(12(2)22)18-15-9-5-3-7-13(15)14-8-4-6-10-16(14)20(23)19(18)21-11/h2*3,5,7,9,14,16,21H,4,6,8,10H2,1-2H3/t2*14-,16+/m10/s1. The monoisotopic (exact) mass is 614 g/mol. The van der Waals surface area contributed by atoms with Crippen LogP contribution in [-0.4, -0.2) is 33.1 Å². The maximum Gasteiger partial charge on any atom is 0.183 e. The number of rotatable bonds is 2. The van der Waals surface area contributed by atoms with E-state index in [9.17, 15) is 19.2 Å². The molecule has 4 aromatic rings. The highest BCUT2D eigenvalue weighted by molar-refractivity contribution is 6.13. The maximum absolute atomic E-state index is 13.2. The zero-order chi connectivity index (χ0) is 32.3. The number of nitrogens with one attached hydrogen (secondary N) is 2. The van der Waals surface area contributed by atoms with Gasteiger partial charge < -0.3 is 9.97 Å². The Morgan fingerprint density at radius 1 is 0.565 bits per heavy atom. The highest BCUT2D eigenvalue weighted by Crippen LogP contribution is 2.50. The molecule has 0 radical (unpaired) electrons. The lowest BCUT2D eigenvalue weighted by molar-refractivity contribution is 0.0859. The van der Waals surface area contributed by atoms with E-state index < -0.39 is 0 Å². The minimum Gasteiger partial charge on any atom is -0.355 e. The molecule has 4 aliphatic rings. The molecule has 0 saturated heterocycles. The van der Waals surface area contributed by atoms with Crippen molar-refractivity contribution in [2.24, 2.45) is 11.8 Å².